The van der Waals surface area contributed by atoms with E-state index in [1.165, 1.54) is 38.4 Å². The number of methoxy groups -OCH3 is 1. The summed E-state index contributed by atoms with van der Waals surface area (Å²) in [5, 5.41) is 2.69. The van der Waals surface area contributed by atoms with Gasteiger partial charge in [0, 0.05) is 25.1 Å². The summed E-state index contributed by atoms with van der Waals surface area (Å²) in [6, 6.07) is 6.60. The molecule has 2 fully saturated rings. The van der Waals surface area contributed by atoms with Crippen molar-refractivity contribution in [2.75, 3.05) is 13.9 Å². The highest BCUT2D eigenvalue weighted by atomic mass is 19.1. The van der Waals surface area contributed by atoms with Crippen LogP contribution in [-0.4, -0.2) is 61.0 Å². The van der Waals surface area contributed by atoms with Gasteiger partial charge in [-0.1, -0.05) is 31.4 Å². The van der Waals surface area contributed by atoms with Gasteiger partial charge in [-0.2, -0.15) is 0 Å². The van der Waals surface area contributed by atoms with E-state index in [9.17, 15) is 23.6 Å². The molecule has 1 N–H and O–H groups in total. The number of rotatable bonds is 10. The standard InChI is InChI=1S/C32H39FN2O9/c1-19-28(44-31(38)22-7-4-5-8-22)23(17-21-11-13-24(33)14-12-21)9-6-10-25(32(39)43-19)35-30(37)27-29(42-18-41-20(2)36)26(40-3)15-16-34-27/h11-16,19,22-23,25,28H,4-10,17-18H2,1-3H3,(H,35,37). The second kappa shape index (κ2) is 15.5. The van der Waals surface area contributed by atoms with E-state index in [4.69, 9.17) is 23.7 Å². The first kappa shape index (κ1) is 32.7. The smallest absolute Gasteiger partial charge is 0.329 e. The predicted molar refractivity (Wildman–Crippen MR) is 154 cm³/mol. The van der Waals surface area contributed by atoms with Crippen LogP contribution in [0.25, 0.3) is 0 Å². The average Bonchev–Trinajstić information content (AvgIpc) is 3.55. The summed E-state index contributed by atoms with van der Waals surface area (Å²) in [7, 11) is 1.38. The van der Waals surface area contributed by atoms with E-state index in [0.717, 1.165) is 31.2 Å². The van der Waals surface area contributed by atoms with Crippen molar-refractivity contribution in [2.24, 2.45) is 11.8 Å². The Morgan fingerprint density at radius 2 is 1.77 bits per heavy atom. The Hall–Kier alpha value is -4.22. The summed E-state index contributed by atoms with van der Waals surface area (Å²) < 4.78 is 41.1. The Bertz CT molecular complexity index is 1310. The third-order valence-electron chi connectivity index (χ3n) is 8.01. The number of esters is 3. The van der Waals surface area contributed by atoms with Crippen LogP contribution in [0.4, 0.5) is 4.39 Å². The lowest BCUT2D eigenvalue weighted by Crippen LogP contribution is -2.45. The number of amides is 1. The SMILES string of the molecule is COc1ccnc(C(=O)NC2CCCC(Cc3ccc(F)cc3)C(OC(=O)C3CCCC3)C(C)OC2=O)c1OCOC(C)=O. The average molecular weight is 615 g/mol. The van der Waals surface area contributed by atoms with Crippen LogP contribution in [0.15, 0.2) is 36.5 Å². The van der Waals surface area contributed by atoms with Crippen molar-refractivity contribution in [3.05, 3.63) is 53.6 Å². The van der Waals surface area contributed by atoms with Crippen LogP contribution in [0.1, 0.15) is 74.8 Å². The second-order valence-electron chi connectivity index (χ2n) is 11.2. The second-order valence-corrected chi connectivity index (χ2v) is 11.2. The van der Waals surface area contributed by atoms with E-state index in [1.807, 2.05) is 0 Å². The molecule has 0 spiro atoms. The number of aromatic nitrogens is 1. The number of cyclic esters (lactones) is 1. The molecular formula is C32H39FN2O9. The lowest BCUT2D eigenvalue weighted by molar-refractivity contribution is -0.174. The lowest BCUT2D eigenvalue weighted by atomic mass is 9.86. The molecule has 4 atom stereocenters. The molecule has 11 nitrogen and oxygen atoms in total. The Labute approximate surface area is 255 Å². The first-order chi connectivity index (χ1) is 21.2. The minimum atomic E-state index is -1.03. The normalized spacial score (nSPS) is 22.5. The van der Waals surface area contributed by atoms with Crippen molar-refractivity contribution in [3.63, 3.8) is 0 Å². The van der Waals surface area contributed by atoms with Gasteiger partial charge in [-0.3, -0.25) is 14.4 Å². The maximum absolute atomic E-state index is 13.6. The summed E-state index contributed by atoms with van der Waals surface area (Å²) >= 11 is 0. The third kappa shape index (κ3) is 8.67. The van der Waals surface area contributed by atoms with Crippen molar-refractivity contribution in [3.8, 4) is 11.5 Å². The number of nitrogens with zero attached hydrogens (tertiary/aromatic N) is 1. The lowest BCUT2D eigenvalue weighted by Gasteiger charge is -2.31. The van der Waals surface area contributed by atoms with Crippen LogP contribution >= 0.6 is 0 Å². The highest BCUT2D eigenvalue weighted by molar-refractivity contribution is 5.98. The number of nitrogens with one attached hydrogen (secondary N) is 1. The molecule has 2 heterocycles. The van der Waals surface area contributed by atoms with E-state index >= 15 is 0 Å². The molecule has 1 aromatic heterocycles. The Morgan fingerprint density at radius 1 is 1.05 bits per heavy atom. The Morgan fingerprint density at radius 3 is 2.45 bits per heavy atom. The van der Waals surface area contributed by atoms with E-state index in [2.05, 4.69) is 10.3 Å². The molecule has 1 saturated carbocycles. The molecular weight excluding hydrogens is 575 g/mol. The number of ether oxygens (including phenoxy) is 5. The quantitative estimate of drug-likeness (QED) is 0.234. The minimum Gasteiger partial charge on any atom is -0.493 e. The minimum absolute atomic E-state index is 0.0585. The van der Waals surface area contributed by atoms with Crippen LogP contribution in [0.3, 0.4) is 0 Å². The summed E-state index contributed by atoms with van der Waals surface area (Å²) in [5.74, 6) is -2.90. The molecule has 238 valence electrons. The van der Waals surface area contributed by atoms with Crippen molar-refractivity contribution < 1.29 is 47.3 Å². The third-order valence-corrected chi connectivity index (χ3v) is 8.01. The maximum atomic E-state index is 13.6. The molecule has 1 aliphatic heterocycles. The zero-order valence-electron chi connectivity index (χ0n) is 25.2. The fraction of sp³-hybridized carbons (Fsp3) is 0.531. The van der Waals surface area contributed by atoms with Crippen molar-refractivity contribution in [1.82, 2.24) is 10.3 Å². The molecule has 2 aromatic rings. The van der Waals surface area contributed by atoms with Gasteiger partial charge in [-0.25, -0.2) is 14.2 Å². The molecule has 0 radical (unpaired) electrons. The van der Waals surface area contributed by atoms with Crippen LogP contribution in [0.2, 0.25) is 0 Å². The molecule has 12 heteroatoms. The van der Waals surface area contributed by atoms with Crippen LogP contribution in [0.5, 0.6) is 11.5 Å². The topological polar surface area (TPSA) is 139 Å². The summed E-state index contributed by atoms with van der Waals surface area (Å²) in [5.41, 5.74) is 0.695. The van der Waals surface area contributed by atoms with Gasteiger partial charge in [0.1, 0.15) is 24.1 Å². The van der Waals surface area contributed by atoms with Crippen LogP contribution in [-0.2, 0) is 35.0 Å². The van der Waals surface area contributed by atoms with Crippen LogP contribution < -0.4 is 14.8 Å². The zero-order valence-corrected chi connectivity index (χ0v) is 25.2. The summed E-state index contributed by atoms with van der Waals surface area (Å²) in [4.78, 5) is 55.2. The Kier molecular flexibility index (Phi) is 11.5. The molecule has 4 unspecified atom stereocenters. The van der Waals surface area contributed by atoms with Crippen molar-refractivity contribution >= 4 is 23.8 Å². The largest absolute Gasteiger partial charge is 0.493 e. The molecule has 0 bridgehead atoms. The molecule has 1 aromatic carbocycles. The number of carbonyl (C=O) groups excluding carboxylic acids is 4. The zero-order chi connectivity index (χ0) is 31.6. The highest BCUT2D eigenvalue weighted by Gasteiger charge is 2.38. The van der Waals surface area contributed by atoms with Gasteiger partial charge in [0.25, 0.3) is 5.91 Å². The number of carbonyl (C=O) groups is 4. The van der Waals surface area contributed by atoms with Gasteiger partial charge < -0.3 is 29.0 Å². The first-order valence-corrected chi connectivity index (χ1v) is 14.9. The van der Waals surface area contributed by atoms with Gasteiger partial charge in [0.05, 0.1) is 13.0 Å². The van der Waals surface area contributed by atoms with E-state index in [0.29, 0.717) is 19.3 Å². The van der Waals surface area contributed by atoms with Gasteiger partial charge in [0.15, 0.2) is 17.2 Å². The predicted octanol–water partition coefficient (Wildman–Crippen LogP) is 4.30. The van der Waals surface area contributed by atoms with Crippen molar-refractivity contribution in [2.45, 2.75) is 83.5 Å². The Balaban J connectivity index is 1.53. The molecule has 1 saturated heterocycles. The first-order valence-electron chi connectivity index (χ1n) is 14.9. The molecule has 4 rings (SSSR count). The van der Waals surface area contributed by atoms with Gasteiger partial charge >= 0.3 is 17.9 Å². The molecule has 44 heavy (non-hydrogen) atoms. The molecule has 1 amide bonds. The van der Waals surface area contributed by atoms with E-state index < -0.39 is 42.9 Å². The fourth-order valence-electron chi connectivity index (χ4n) is 5.73. The maximum Gasteiger partial charge on any atom is 0.329 e. The monoisotopic (exact) mass is 614 g/mol. The number of benzene rings is 1. The number of hydrogen-bond acceptors (Lipinski definition) is 10. The van der Waals surface area contributed by atoms with Crippen LogP contribution in [0, 0.1) is 17.7 Å². The fourth-order valence-corrected chi connectivity index (χ4v) is 5.73. The summed E-state index contributed by atoms with van der Waals surface area (Å²) in [6.07, 6.45) is 5.05. The van der Waals surface area contributed by atoms with Gasteiger partial charge in [-0.15, -0.1) is 0 Å². The van der Waals surface area contributed by atoms with E-state index in [-0.39, 0.29) is 47.2 Å². The van der Waals surface area contributed by atoms with Gasteiger partial charge in [-0.05, 0) is 56.7 Å². The number of halogens is 1. The molecule has 2 aliphatic rings. The van der Waals surface area contributed by atoms with Gasteiger partial charge in [0.2, 0.25) is 6.79 Å². The number of pyridine rings is 1. The highest BCUT2D eigenvalue weighted by Crippen LogP contribution is 2.32. The molecule has 1 aliphatic carbocycles. The van der Waals surface area contributed by atoms with Crippen molar-refractivity contribution in [1.29, 1.82) is 0 Å². The van der Waals surface area contributed by atoms with E-state index in [1.54, 1.807) is 19.1 Å². The number of hydrogen-bond donors (Lipinski definition) is 1. The summed E-state index contributed by atoms with van der Waals surface area (Å²) in [6.45, 7) is 2.42.